The number of ether oxygens (including phenoxy) is 1. The molecule has 0 unspecified atom stereocenters. The first-order valence-electron chi connectivity index (χ1n) is 3.96. The van der Waals surface area contributed by atoms with Crippen molar-refractivity contribution in [3.8, 4) is 5.75 Å². The van der Waals surface area contributed by atoms with Crippen LogP contribution in [0.1, 0.15) is 5.56 Å². The van der Waals surface area contributed by atoms with Crippen molar-refractivity contribution in [3.05, 3.63) is 29.3 Å². The Balaban J connectivity index is 3.42. The minimum absolute atomic E-state index is 0.362. The van der Waals surface area contributed by atoms with Crippen LogP contribution < -0.4 is 4.74 Å². The van der Waals surface area contributed by atoms with Gasteiger partial charge in [0.1, 0.15) is 0 Å². The monoisotopic (exact) mass is 238 g/mol. The van der Waals surface area contributed by atoms with E-state index in [1.54, 1.807) is 0 Å². The highest BCUT2D eigenvalue weighted by Gasteiger charge is 2.44. The van der Waals surface area contributed by atoms with Crippen LogP contribution >= 0.6 is 0 Å². The maximum Gasteiger partial charge on any atom is 0.379 e. The van der Waals surface area contributed by atoms with Crippen LogP contribution in [-0.4, -0.2) is 18.2 Å². The molecule has 16 heavy (non-hydrogen) atoms. The van der Waals surface area contributed by atoms with Crippen LogP contribution in [0.4, 0.5) is 17.6 Å². The predicted molar refractivity (Wildman–Crippen MR) is 44.4 cm³/mol. The first kappa shape index (κ1) is 12.3. The molecule has 0 spiro atoms. The maximum atomic E-state index is 13.3. The van der Waals surface area contributed by atoms with Crippen molar-refractivity contribution in [1.82, 2.24) is 0 Å². The third-order valence-electron chi connectivity index (χ3n) is 1.86. The van der Waals surface area contributed by atoms with Gasteiger partial charge in [-0.05, 0) is 12.1 Å². The summed E-state index contributed by atoms with van der Waals surface area (Å²) >= 11 is 0. The number of hydrogen-bond donors (Lipinski definition) is 1. The lowest BCUT2D eigenvalue weighted by Crippen LogP contribution is -2.26. The summed E-state index contributed by atoms with van der Waals surface area (Å²) in [5.41, 5.74) is -1.45. The van der Waals surface area contributed by atoms with Crippen molar-refractivity contribution in [1.29, 1.82) is 0 Å². The number of methoxy groups -OCH3 is 1. The largest absolute Gasteiger partial charge is 0.491 e. The van der Waals surface area contributed by atoms with Gasteiger partial charge in [-0.25, -0.2) is 13.6 Å². The number of carboxylic acid groups (broad SMARTS) is 1. The van der Waals surface area contributed by atoms with E-state index in [2.05, 4.69) is 4.74 Å². The summed E-state index contributed by atoms with van der Waals surface area (Å²) < 4.78 is 56.3. The zero-order valence-corrected chi connectivity index (χ0v) is 7.93. The molecule has 7 heteroatoms. The van der Waals surface area contributed by atoms with E-state index in [1.807, 2.05) is 0 Å². The topological polar surface area (TPSA) is 46.5 Å². The van der Waals surface area contributed by atoms with Gasteiger partial charge in [-0.1, -0.05) is 0 Å². The molecule has 1 rings (SSSR count). The Bertz CT molecular complexity index is 431. The third-order valence-corrected chi connectivity index (χ3v) is 1.86. The van der Waals surface area contributed by atoms with E-state index in [1.165, 1.54) is 0 Å². The average Bonchev–Trinajstić information content (AvgIpc) is 2.17. The summed E-state index contributed by atoms with van der Waals surface area (Å²) in [6.07, 6.45) is 0. The van der Waals surface area contributed by atoms with E-state index in [9.17, 15) is 22.4 Å². The van der Waals surface area contributed by atoms with Crippen LogP contribution in [0, 0.1) is 11.6 Å². The summed E-state index contributed by atoms with van der Waals surface area (Å²) in [4.78, 5) is 10.2. The summed E-state index contributed by atoms with van der Waals surface area (Å²) in [5, 5.41) is 8.20. The predicted octanol–water partition coefficient (Wildman–Crippen LogP) is 2.15. The fourth-order valence-electron chi connectivity index (χ4n) is 1.08. The van der Waals surface area contributed by atoms with Crippen molar-refractivity contribution in [2.45, 2.75) is 5.92 Å². The van der Waals surface area contributed by atoms with Gasteiger partial charge in [-0.15, -0.1) is 0 Å². The summed E-state index contributed by atoms with van der Waals surface area (Å²) in [5.74, 6) is -10.9. The second-order valence-corrected chi connectivity index (χ2v) is 2.82. The lowest BCUT2D eigenvalue weighted by Gasteiger charge is -2.14. The zero-order valence-electron chi connectivity index (χ0n) is 7.93. The molecule has 0 radical (unpaired) electrons. The number of rotatable bonds is 3. The van der Waals surface area contributed by atoms with E-state index < -0.39 is 34.8 Å². The number of hydrogen-bond acceptors (Lipinski definition) is 2. The van der Waals surface area contributed by atoms with Gasteiger partial charge in [0.15, 0.2) is 17.4 Å². The molecule has 0 aliphatic rings. The van der Waals surface area contributed by atoms with Gasteiger partial charge < -0.3 is 9.84 Å². The van der Waals surface area contributed by atoms with Gasteiger partial charge in [0.05, 0.1) is 12.7 Å². The number of aliphatic carboxylic acids is 1. The molecule has 1 aromatic rings. The van der Waals surface area contributed by atoms with Crippen LogP contribution in [0.5, 0.6) is 5.75 Å². The molecule has 1 N–H and O–H groups in total. The molecular weight excluding hydrogens is 232 g/mol. The van der Waals surface area contributed by atoms with Gasteiger partial charge in [0, 0.05) is 0 Å². The Kier molecular flexibility index (Phi) is 3.06. The number of alkyl halides is 2. The summed E-state index contributed by atoms with van der Waals surface area (Å²) in [6, 6.07) is 0.870. The SMILES string of the molecule is COc1c(F)ccc(C(F)(F)C(=O)O)c1F. The van der Waals surface area contributed by atoms with E-state index in [0.29, 0.717) is 12.1 Å². The maximum absolute atomic E-state index is 13.3. The molecule has 0 fully saturated rings. The normalized spacial score (nSPS) is 11.3. The summed E-state index contributed by atoms with van der Waals surface area (Å²) in [7, 11) is 0.879. The average molecular weight is 238 g/mol. The lowest BCUT2D eigenvalue weighted by atomic mass is 10.1. The minimum Gasteiger partial charge on any atom is -0.491 e. The Morgan fingerprint density at radius 1 is 1.38 bits per heavy atom. The van der Waals surface area contributed by atoms with E-state index in [4.69, 9.17) is 5.11 Å². The van der Waals surface area contributed by atoms with Crippen molar-refractivity contribution >= 4 is 5.97 Å². The quantitative estimate of drug-likeness (QED) is 0.820. The number of halogens is 4. The van der Waals surface area contributed by atoms with E-state index >= 15 is 0 Å². The molecule has 3 nitrogen and oxygen atoms in total. The molecule has 0 bridgehead atoms. The van der Waals surface area contributed by atoms with E-state index in [-0.39, 0.29) is 0 Å². The summed E-state index contributed by atoms with van der Waals surface area (Å²) in [6.45, 7) is 0. The molecule has 0 aliphatic heterocycles. The molecule has 0 aliphatic carbocycles. The fraction of sp³-hybridized carbons (Fsp3) is 0.222. The van der Waals surface area contributed by atoms with Gasteiger partial charge in [0.25, 0.3) is 0 Å². The molecule has 0 amide bonds. The second-order valence-electron chi connectivity index (χ2n) is 2.82. The molecular formula is C9H6F4O3. The molecule has 0 saturated heterocycles. The lowest BCUT2D eigenvalue weighted by molar-refractivity contribution is -0.166. The Morgan fingerprint density at radius 2 is 1.94 bits per heavy atom. The van der Waals surface area contributed by atoms with Gasteiger partial charge in [-0.2, -0.15) is 8.78 Å². The van der Waals surface area contributed by atoms with Crippen LogP contribution in [0.15, 0.2) is 12.1 Å². The van der Waals surface area contributed by atoms with Crippen LogP contribution in [0.25, 0.3) is 0 Å². The standard InChI is InChI=1S/C9H6F4O3/c1-16-7-5(10)3-2-4(6(7)11)9(12,13)8(14)15/h2-3H,1H3,(H,14,15). The first-order valence-corrected chi connectivity index (χ1v) is 3.96. The van der Waals surface area contributed by atoms with Crippen LogP contribution in [0.2, 0.25) is 0 Å². The molecule has 88 valence electrons. The molecule has 0 heterocycles. The third kappa shape index (κ3) is 1.80. The Morgan fingerprint density at radius 3 is 2.38 bits per heavy atom. The first-order chi connectivity index (χ1) is 7.32. The number of carbonyl (C=O) groups is 1. The molecule has 0 atom stereocenters. The van der Waals surface area contributed by atoms with Gasteiger partial charge in [-0.3, -0.25) is 0 Å². The zero-order chi connectivity index (χ0) is 12.5. The molecule has 1 aromatic carbocycles. The van der Waals surface area contributed by atoms with Crippen LogP contribution in [-0.2, 0) is 10.7 Å². The minimum atomic E-state index is -4.44. The van der Waals surface area contributed by atoms with Crippen molar-refractivity contribution in [2.24, 2.45) is 0 Å². The number of carboxylic acids is 1. The smallest absolute Gasteiger partial charge is 0.379 e. The fourth-order valence-corrected chi connectivity index (χ4v) is 1.08. The molecule has 0 aromatic heterocycles. The van der Waals surface area contributed by atoms with Crippen molar-refractivity contribution in [2.75, 3.05) is 7.11 Å². The Hall–Kier alpha value is -1.79. The highest BCUT2D eigenvalue weighted by molar-refractivity contribution is 5.77. The van der Waals surface area contributed by atoms with Crippen molar-refractivity contribution in [3.63, 3.8) is 0 Å². The van der Waals surface area contributed by atoms with Gasteiger partial charge in [0.2, 0.25) is 0 Å². The highest BCUT2D eigenvalue weighted by Crippen LogP contribution is 2.35. The van der Waals surface area contributed by atoms with E-state index in [0.717, 1.165) is 7.11 Å². The second kappa shape index (κ2) is 3.99. The molecule has 0 saturated carbocycles. The Labute approximate surface area is 87.3 Å². The highest BCUT2D eigenvalue weighted by atomic mass is 19.3. The van der Waals surface area contributed by atoms with Crippen molar-refractivity contribution < 1.29 is 32.2 Å². The van der Waals surface area contributed by atoms with Crippen LogP contribution in [0.3, 0.4) is 0 Å². The number of benzene rings is 1. The van der Waals surface area contributed by atoms with Gasteiger partial charge >= 0.3 is 11.9 Å².